The summed E-state index contributed by atoms with van der Waals surface area (Å²) in [5.41, 5.74) is 5.12. The van der Waals surface area contributed by atoms with Crippen molar-refractivity contribution in [3.05, 3.63) is 77.1 Å². The highest BCUT2D eigenvalue weighted by Crippen LogP contribution is 2.31. The van der Waals surface area contributed by atoms with E-state index in [-0.39, 0.29) is 23.7 Å². The number of phenols is 1. The number of aromatic amines is 1. The van der Waals surface area contributed by atoms with E-state index in [1.165, 1.54) is 0 Å². The van der Waals surface area contributed by atoms with E-state index >= 15 is 0 Å². The van der Waals surface area contributed by atoms with Crippen LogP contribution in [0.5, 0.6) is 5.75 Å². The maximum Gasteiger partial charge on any atom is 0.306 e. The third-order valence-electron chi connectivity index (χ3n) is 6.04. The average molecular weight is 447 g/mol. The zero-order chi connectivity index (χ0) is 24.1. The van der Waals surface area contributed by atoms with Crippen molar-refractivity contribution in [1.82, 2.24) is 4.98 Å². The third-order valence-corrected chi connectivity index (χ3v) is 6.04. The fraction of sp³-hybridized carbons (Fsp3) is 0.296. The number of aryl methyl sites for hydroxylation is 1. The number of carboxylic acids is 1. The van der Waals surface area contributed by atoms with Gasteiger partial charge in [0.15, 0.2) is 5.78 Å². The monoisotopic (exact) mass is 446 g/mol. The molecule has 0 saturated carbocycles. The SMILES string of the molecule is CCC(C(=N)C(=O)Cc1ccc(O)cc1-c1ccccc1C)c1cc(CC(C)C(=O)O)c[nH]1. The summed E-state index contributed by atoms with van der Waals surface area (Å²) in [6.45, 7) is 5.56. The summed E-state index contributed by atoms with van der Waals surface area (Å²) < 4.78 is 0. The van der Waals surface area contributed by atoms with Gasteiger partial charge in [0, 0.05) is 24.2 Å². The zero-order valence-corrected chi connectivity index (χ0v) is 19.2. The number of hydrogen-bond acceptors (Lipinski definition) is 4. The van der Waals surface area contributed by atoms with Gasteiger partial charge < -0.3 is 20.6 Å². The van der Waals surface area contributed by atoms with Crippen molar-refractivity contribution in [3.63, 3.8) is 0 Å². The maximum atomic E-state index is 13.1. The molecular formula is C27H30N2O4. The van der Waals surface area contributed by atoms with Gasteiger partial charge in [0.05, 0.1) is 11.6 Å². The van der Waals surface area contributed by atoms with Gasteiger partial charge >= 0.3 is 5.97 Å². The van der Waals surface area contributed by atoms with Gasteiger partial charge in [0.1, 0.15) is 5.75 Å². The molecular weight excluding hydrogens is 416 g/mol. The molecule has 172 valence electrons. The zero-order valence-electron chi connectivity index (χ0n) is 19.2. The van der Waals surface area contributed by atoms with Crippen LogP contribution in [-0.2, 0) is 22.4 Å². The number of Topliss-reactive ketones (excluding diaryl/α,β-unsaturated/α-hetero) is 1. The van der Waals surface area contributed by atoms with Gasteiger partial charge in [-0.25, -0.2) is 0 Å². The molecule has 6 nitrogen and oxygen atoms in total. The number of rotatable bonds is 10. The number of carbonyl (C=O) groups excluding carboxylic acids is 1. The molecule has 0 fully saturated rings. The second kappa shape index (κ2) is 10.3. The molecule has 6 heteroatoms. The highest BCUT2D eigenvalue weighted by molar-refractivity contribution is 6.41. The molecule has 0 aliphatic heterocycles. The number of ketones is 1. The molecule has 3 rings (SSSR count). The third kappa shape index (κ3) is 5.58. The largest absolute Gasteiger partial charge is 0.508 e. The summed E-state index contributed by atoms with van der Waals surface area (Å²) >= 11 is 0. The van der Waals surface area contributed by atoms with Crippen LogP contribution in [0.1, 0.15) is 48.6 Å². The number of carbonyl (C=O) groups is 2. The van der Waals surface area contributed by atoms with Gasteiger partial charge in [-0.3, -0.25) is 9.59 Å². The molecule has 0 spiro atoms. The first kappa shape index (κ1) is 24.0. The predicted octanol–water partition coefficient (Wildman–Crippen LogP) is 5.28. The lowest BCUT2D eigenvalue weighted by Crippen LogP contribution is -2.23. The lowest BCUT2D eigenvalue weighted by molar-refractivity contribution is -0.141. The Balaban J connectivity index is 1.82. The number of aromatic hydroxyl groups is 1. The fourth-order valence-corrected chi connectivity index (χ4v) is 4.11. The molecule has 0 saturated heterocycles. The number of aromatic nitrogens is 1. The Morgan fingerprint density at radius 1 is 1.09 bits per heavy atom. The Morgan fingerprint density at radius 3 is 2.48 bits per heavy atom. The second-order valence-corrected chi connectivity index (χ2v) is 8.54. The molecule has 3 aromatic rings. The van der Waals surface area contributed by atoms with E-state index in [0.717, 1.165) is 33.5 Å². The molecule has 2 atom stereocenters. The lowest BCUT2D eigenvalue weighted by atomic mass is 9.88. The van der Waals surface area contributed by atoms with Crippen LogP contribution in [-0.4, -0.2) is 32.7 Å². The molecule has 33 heavy (non-hydrogen) atoms. The van der Waals surface area contributed by atoms with Crippen LogP contribution < -0.4 is 0 Å². The summed E-state index contributed by atoms with van der Waals surface area (Å²) in [4.78, 5) is 27.4. The van der Waals surface area contributed by atoms with Crippen LogP contribution in [0.4, 0.5) is 0 Å². The van der Waals surface area contributed by atoms with Crippen molar-refractivity contribution >= 4 is 17.5 Å². The minimum atomic E-state index is -0.855. The fourth-order valence-electron chi connectivity index (χ4n) is 4.11. The van der Waals surface area contributed by atoms with E-state index in [2.05, 4.69) is 4.98 Å². The van der Waals surface area contributed by atoms with Crippen molar-refractivity contribution in [2.24, 2.45) is 5.92 Å². The second-order valence-electron chi connectivity index (χ2n) is 8.54. The average Bonchev–Trinajstić information content (AvgIpc) is 3.23. The molecule has 1 heterocycles. The first-order valence-electron chi connectivity index (χ1n) is 11.1. The number of carboxylic acid groups (broad SMARTS) is 1. The van der Waals surface area contributed by atoms with Crippen LogP contribution in [0.2, 0.25) is 0 Å². The topological polar surface area (TPSA) is 114 Å². The van der Waals surface area contributed by atoms with Crippen molar-refractivity contribution in [2.75, 3.05) is 0 Å². The molecule has 0 radical (unpaired) electrons. The molecule has 4 N–H and O–H groups in total. The number of H-pyrrole nitrogens is 1. The minimum absolute atomic E-state index is 0.0148. The highest BCUT2D eigenvalue weighted by atomic mass is 16.4. The standard InChI is InChI=1S/C27H30N2O4/c1-4-21(24-12-18(15-29-24)11-17(3)27(32)33)26(28)25(31)13-19-9-10-20(30)14-23(19)22-8-6-5-7-16(22)2/h5-10,12,14-15,17,21,28-30H,4,11,13H2,1-3H3,(H,32,33). The van der Waals surface area contributed by atoms with E-state index in [1.807, 2.05) is 44.2 Å². The molecule has 0 bridgehead atoms. The van der Waals surface area contributed by atoms with E-state index in [0.29, 0.717) is 12.8 Å². The quantitative estimate of drug-likeness (QED) is 0.317. The van der Waals surface area contributed by atoms with Crippen LogP contribution >= 0.6 is 0 Å². The Morgan fingerprint density at radius 2 is 1.82 bits per heavy atom. The summed E-state index contributed by atoms with van der Waals surface area (Å²) in [5.74, 6) is -1.92. The van der Waals surface area contributed by atoms with E-state index in [1.54, 1.807) is 31.3 Å². The van der Waals surface area contributed by atoms with Crippen molar-refractivity contribution < 1.29 is 19.8 Å². The number of aliphatic carboxylic acids is 1. The van der Waals surface area contributed by atoms with E-state index in [4.69, 9.17) is 10.5 Å². The van der Waals surface area contributed by atoms with Gasteiger partial charge in [0.2, 0.25) is 0 Å². The Kier molecular flexibility index (Phi) is 7.48. The number of benzene rings is 2. The van der Waals surface area contributed by atoms with Crippen LogP contribution in [0.25, 0.3) is 11.1 Å². The van der Waals surface area contributed by atoms with Crippen LogP contribution in [0.3, 0.4) is 0 Å². The van der Waals surface area contributed by atoms with Gasteiger partial charge in [-0.05, 0) is 65.8 Å². The van der Waals surface area contributed by atoms with Crippen molar-refractivity contribution in [2.45, 2.75) is 46.0 Å². The van der Waals surface area contributed by atoms with Crippen molar-refractivity contribution in [3.8, 4) is 16.9 Å². The van der Waals surface area contributed by atoms with E-state index < -0.39 is 17.8 Å². The normalized spacial score (nSPS) is 12.8. The maximum absolute atomic E-state index is 13.1. The number of phenolic OH excluding ortho intramolecular Hbond substituents is 1. The Bertz CT molecular complexity index is 1180. The molecule has 0 amide bonds. The molecule has 1 aromatic heterocycles. The van der Waals surface area contributed by atoms with Crippen LogP contribution in [0.15, 0.2) is 54.7 Å². The van der Waals surface area contributed by atoms with Gasteiger partial charge in [-0.15, -0.1) is 0 Å². The Hall–Kier alpha value is -3.67. The summed E-state index contributed by atoms with van der Waals surface area (Å²) in [6.07, 6.45) is 2.77. The summed E-state index contributed by atoms with van der Waals surface area (Å²) in [6, 6.07) is 14.6. The molecule has 0 aliphatic rings. The minimum Gasteiger partial charge on any atom is -0.508 e. The number of hydrogen-bond donors (Lipinski definition) is 4. The molecule has 2 unspecified atom stereocenters. The summed E-state index contributed by atoms with van der Waals surface area (Å²) in [7, 11) is 0. The lowest BCUT2D eigenvalue weighted by Gasteiger charge is -2.16. The first-order valence-corrected chi connectivity index (χ1v) is 11.1. The predicted molar refractivity (Wildman–Crippen MR) is 129 cm³/mol. The van der Waals surface area contributed by atoms with Crippen molar-refractivity contribution in [1.29, 1.82) is 5.41 Å². The van der Waals surface area contributed by atoms with Gasteiger partial charge in [-0.2, -0.15) is 0 Å². The first-order chi connectivity index (χ1) is 15.7. The highest BCUT2D eigenvalue weighted by Gasteiger charge is 2.24. The smallest absolute Gasteiger partial charge is 0.306 e. The van der Waals surface area contributed by atoms with Gasteiger partial charge in [0.25, 0.3) is 0 Å². The molecule has 2 aromatic carbocycles. The number of nitrogens with one attached hydrogen (secondary N) is 2. The van der Waals surface area contributed by atoms with E-state index in [9.17, 15) is 14.7 Å². The van der Waals surface area contributed by atoms with Crippen LogP contribution in [0, 0.1) is 18.3 Å². The Labute approximate surface area is 193 Å². The molecule has 0 aliphatic carbocycles. The van der Waals surface area contributed by atoms with Gasteiger partial charge in [-0.1, -0.05) is 44.2 Å². The summed E-state index contributed by atoms with van der Waals surface area (Å²) in [5, 5.41) is 27.8.